The van der Waals surface area contributed by atoms with E-state index >= 15 is 0 Å². The summed E-state index contributed by atoms with van der Waals surface area (Å²) in [6.07, 6.45) is 2.38. The minimum absolute atomic E-state index is 0.0769. The summed E-state index contributed by atoms with van der Waals surface area (Å²) in [5.41, 5.74) is 3.81. The van der Waals surface area contributed by atoms with E-state index in [0.717, 1.165) is 5.75 Å². The van der Waals surface area contributed by atoms with E-state index in [9.17, 15) is 0 Å². The fourth-order valence-corrected chi connectivity index (χ4v) is 1.63. The Morgan fingerprint density at radius 3 is 2.85 bits per heavy atom. The molecule has 0 aliphatic carbocycles. The van der Waals surface area contributed by atoms with Gasteiger partial charge >= 0.3 is 0 Å². The Morgan fingerprint density at radius 1 is 1.54 bits per heavy atom. The standard InChI is InChI=1S/C8H15N3OS/c1-3-4-5-13-8-11-10-7(12-8)6(2)9/h6H,3-5,9H2,1-2H3/p+1/t6-/m0/s1. The Kier molecular flexibility index (Phi) is 4.24. The molecule has 0 saturated heterocycles. The number of unbranched alkanes of at least 4 members (excludes halogenated alkanes) is 1. The molecule has 0 unspecified atom stereocenters. The Balaban J connectivity index is 2.40. The smallest absolute Gasteiger partial charge is 0.276 e. The lowest BCUT2D eigenvalue weighted by atomic mass is 10.4. The summed E-state index contributed by atoms with van der Waals surface area (Å²) >= 11 is 1.62. The van der Waals surface area contributed by atoms with Crippen LogP contribution in [0, 0.1) is 0 Å². The second-order valence-electron chi connectivity index (χ2n) is 3.01. The number of quaternary nitrogens is 1. The van der Waals surface area contributed by atoms with Crippen molar-refractivity contribution in [2.24, 2.45) is 0 Å². The van der Waals surface area contributed by atoms with Crippen LogP contribution in [0.15, 0.2) is 9.64 Å². The highest BCUT2D eigenvalue weighted by Crippen LogP contribution is 2.18. The fourth-order valence-electron chi connectivity index (χ4n) is 0.782. The molecule has 0 spiro atoms. The third-order valence-corrected chi connectivity index (χ3v) is 2.47. The molecule has 4 nitrogen and oxygen atoms in total. The lowest BCUT2D eigenvalue weighted by Gasteiger charge is -1.93. The molecule has 0 aliphatic rings. The molecule has 1 aromatic heterocycles. The van der Waals surface area contributed by atoms with Crippen molar-refractivity contribution in [3.63, 3.8) is 0 Å². The highest BCUT2D eigenvalue weighted by Gasteiger charge is 2.11. The maximum atomic E-state index is 5.37. The molecule has 0 radical (unpaired) electrons. The number of thioether (sulfide) groups is 1. The number of hydrogen-bond acceptors (Lipinski definition) is 4. The zero-order valence-electron chi connectivity index (χ0n) is 8.12. The summed E-state index contributed by atoms with van der Waals surface area (Å²) in [7, 11) is 0. The predicted octanol–water partition coefficient (Wildman–Crippen LogP) is 1.26. The molecule has 3 N–H and O–H groups in total. The van der Waals surface area contributed by atoms with Crippen molar-refractivity contribution < 1.29 is 10.2 Å². The van der Waals surface area contributed by atoms with E-state index in [1.54, 1.807) is 11.8 Å². The van der Waals surface area contributed by atoms with Gasteiger partial charge in [0.2, 0.25) is 0 Å². The van der Waals surface area contributed by atoms with Gasteiger partial charge in [-0.1, -0.05) is 25.1 Å². The molecular formula is C8H16N3OS+. The molecule has 0 aromatic carbocycles. The van der Waals surface area contributed by atoms with Gasteiger partial charge in [-0.15, -0.1) is 10.2 Å². The van der Waals surface area contributed by atoms with Crippen molar-refractivity contribution in [2.45, 2.75) is 38.0 Å². The van der Waals surface area contributed by atoms with E-state index in [0.29, 0.717) is 11.1 Å². The Bertz CT molecular complexity index is 249. The molecule has 1 rings (SSSR count). The first-order valence-corrected chi connectivity index (χ1v) is 5.52. The van der Waals surface area contributed by atoms with E-state index in [4.69, 9.17) is 4.42 Å². The van der Waals surface area contributed by atoms with Crippen molar-refractivity contribution in [1.29, 1.82) is 0 Å². The highest BCUT2D eigenvalue weighted by atomic mass is 32.2. The van der Waals surface area contributed by atoms with Gasteiger partial charge in [0, 0.05) is 5.75 Å². The minimum atomic E-state index is 0.0769. The van der Waals surface area contributed by atoms with Crippen LogP contribution in [0.25, 0.3) is 0 Å². The first-order chi connectivity index (χ1) is 6.24. The maximum absolute atomic E-state index is 5.37. The zero-order valence-corrected chi connectivity index (χ0v) is 8.93. The summed E-state index contributed by atoms with van der Waals surface area (Å²) in [5, 5.41) is 8.48. The van der Waals surface area contributed by atoms with E-state index in [1.165, 1.54) is 12.8 Å². The molecule has 13 heavy (non-hydrogen) atoms. The van der Waals surface area contributed by atoms with Gasteiger partial charge in [0.15, 0.2) is 6.04 Å². The summed E-state index contributed by atoms with van der Waals surface area (Å²) in [6.45, 7) is 4.10. The number of rotatable bonds is 5. The van der Waals surface area contributed by atoms with E-state index in [2.05, 4.69) is 22.9 Å². The normalized spacial score (nSPS) is 13.2. The van der Waals surface area contributed by atoms with Crippen molar-refractivity contribution in [3.05, 3.63) is 5.89 Å². The van der Waals surface area contributed by atoms with E-state index in [1.807, 2.05) is 6.92 Å². The average molecular weight is 202 g/mol. The Morgan fingerprint density at radius 2 is 2.31 bits per heavy atom. The van der Waals surface area contributed by atoms with Gasteiger partial charge in [-0.3, -0.25) is 0 Å². The van der Waals surface area contributed by atoms with Crippen LogP contribution in [0.5, 0.6) is 0 Å². The minimum Gasteiger partial charge on any atom is -0.410 e. The summed E-state index contributed by atoms with van der Waals surface area (Å²) < 4.78 is 5.37. The largest absolute Gasteiger partial charge is 0.410 e. The Labute approximate surface area is 82.3 Å². The fraction of sp³-hybridized carbons (Fsp3) is 0.750. The van der Waals surface area contributed by atoms with Crippen LogP contribution >= 0.6 is 11.8 Å². The average Bonchev–Trinajstić information content (AvgIpc) is 2.53. The lowest BCUT2D eigenvalue weighted by Crippen LogP contribution is -2.51. The molecule has 1 atom stereocenters. The summed E-state index contributed by atoms with van der Waals surface area (Å²) in [4.78, 5) is 0. The molecule has 0 amide bonds. The topological polar surface area (TPSA) is 66.6 Å². The third kappa shape index (κ3) is 3.36. The van der Waals surface area contributed by atoms with Crippen LogP contribution in [-0.4, -0.2) is 16.0 Å². The molecule has 0 bridgehead atoms. The maximum Gasteiger partial charge on any atom is 0.276 e. The third-order valence-electron chi connectivity index (χ3n) is 1.57. The van der Waals surface area contributed by atoms with Gasteiger partial charge in [0.25, 0.3) is 11.1 Å². The second-order valence-corrected chi connectivity index (χ2v) is 4.06. The molecule has 1 heterocycles. The van der Waals surface area contributed by atoms with Gasteiger partial charge in [-0.2, -0.15) is 0 Å². The summed E-state index contributed by atoms with van der Waals surface area (Å²) in [6, 6.07) is 0.0769. The number of nitrogens with zero attached hydrogens (tertiary/aromatic N) is 2. The van der Waals surface area contributed by atoms with Gasteiger partial charge in [0.1, 0.15) is 0 Å². The molecule has 74 valence electrons. The molecule has 0 saturated carbocycles. The summed E-state index contributed by atoms with van der Waals surface area (Å²) in [5.74, 6) is 1.67. The quantitative estimate of drug-likeness (QED) is 0.576. The van der Waals surface area contributed by atoms with Crippen molar-refractivity contribution in [2.75, 3.05) is 5.75 Å². The van der Waals surface area contributed by atoms with Crippen LogP contribution in [0.3, 0.4) is 0 Å². The van der Waals surface area contributed by atoms with Crippen molar-refractivity contribution in [1.82, 2.24) is 10.2 Å². The second kappa shape index (κ2) is 5.24. The predicted molar refractivity (Wildman–Crippen MR) is 51.2 cm³/mol. The lowest BCUT2D eigenvalue weighted by molar-refractivity contribution is -0.425. The van der Waals surface area contributed by atoms with Gasteiger partial charge in [-0.25, -0.2) is 0 Å². The molecule has 1 aromatic rings. The van der Waals surface area contributed by atoms with Crippen molar-refractivity contribution in [3.8, 4) is 0 Å². The van der Waals surface area contributed by atoms with Gasteiger partial charge in [-0.05, 0) is 13.3 Å². The monoisotopic (exact) mass is 202 g/mol. The highest BCUT2D eigenvalue weighted by molar-refractivity contribution is 7.99. The Hall–Kier alpha value is -0.550. The van der Waals surface area contributed by atoms with Gasteiger partial charge in [0.05, 0.1) is 0 Å². The molecule has 0 fully saturated rings. The molecule has 0 aliphatic heterocycles. The van der Waals surface area contributed by atoms with Crippen LogP contribution in [0.2, 0.25) is 0 Å². The van der Waals surface area contributed by atoms with Crippen LogP contribution in [0.1, 0.15) is 38.6 Å². The SMILES string of the molecule is CCCCSc1nnc([C@H](C)[NH3+])o1. The van der Waals surface area contributed by atoms with Gasteiger partial charge < -0.3 is 10.2 Å². The first kappa shape index (κ1) is 10.5. The van der Waals surface area contributed by atoms with Crippen molar-refractivity contribution >= 4 is 11.8 Å². The van der Waals surface area contributed by atoms with Crippen LogP contribution in [-0.2, 0) is 0 Å². The molecule has 5 heteroatoms. The zero-order chi connectivity index (χ0) is 9.68. The molecular weight excluding hydrogens is 186 g/mol. The van der Waals surface area contributed by atoms with Crippen LogP contribution in [0.4, 0.5) is 0 Å². The van der Waals surface area contributed by atoms with E-state index in [-0.39, 0.29) is 6.04 Å². The number of hydrogen-bond donors (Lipinski definition) is 1. The van der Waals surface area contributed by atoms with Crippen LogP contribution < -0.4 is 5.73 Å². The number of aromatic nitrogens is 2. The first-order valence-electron chi connectivity index (χ1n) is 4.53. The van der Waals surface area contributed by atoms with E-state index < -0.39 is 0 Å².